The highest BCUT2D eigenvalue weighted by Crippen LogP contribution is 1.99. The van der Waals surface area contributed by atoms with E-state index in [0.29, 0.717) is 13.0 Å². The maximum Gasteiger partial charge on any atom is 0.286 e. The maximum absolute atomic E-state index is 11.6. The van der Waals surface area contributed by atoms with E-state index in [9.17, 15) is 9.59 Å². The van der Waals surface area contributed by atoms with Gasteiger partial charge in [-0.05, 0) is 18.6 Å². The van der Waals surface area contributed by atoms with Crippen molar-refractivity contribution in [1.29, 1.82) is 0 Å². The van der Waals surface area contributed by atoms with Crippen LogP contribution in [0.4, 0.5) is 0 Å². The molecule has 1 unspecified atom stereocenters. The third kappa shape index (κ3) is 5.85. The summed E-state index contributed by atoms with van der Waals surface area (Å²) in [6.45, 7) is 0.527. The van der Waals surface area contributed by atoms with Crippen LogP contribution in [0.5, 0.6) is 0 Å². The van der Waals surface area contributed by atoms with Gasteiger partial charge in [0.2, 0.25) is 5.91 Å². The number of hydrogen-bond donors (Lipinski definition) is 3. The summed E-state index contributed by atoms with van der Waals surface area (Å²) in [5.41, 5.74) is 0. The summed E-state index contributed by atoms with van der Waals surface area (Å²) in [5.74, 6) is -0.352. The Kier molecular flexibility index (Phi) is 7.38. The molecule has 1 heterocycles. The number of carbonyl (C=O) groups excluding carboxylic acids is 2. The zero-order valence-electron chi connectivity index (χ0n) is 11.4. The number of hydrogen-bond acceptors (Lipinski definition) is 5. The first-order chi connectivity index (χ1) is 9.67. The van der Waals surface area contributed by atoms with Crippen molar-refractivity contribution < 1.29 is 23.8 Å². The van der Waals surface area contributed by atoms with Crippen molar-refractivity contribution in [3.05, 3.63) is 24.2 Å². The third-order valence-electron chi connectivity index (χ3n) is 2.59. The van der Waals surface area contributed by atoms with Crippen LogP contribution in [0.25, 0.3) is 0 Å². The zero-order valence-corrected chi connectivity index (χ0v) is 11.4. The molecule has 1 atom stereocenters. The van der Waals surface area contributed by atoms with Gasteiger partial charge in [-0.1, -0.05) is 0 Å². The number of aliphatic hydroxyl groups excluding tert-OH is 1. The van der Waals surface area contributed by atoms with Crippen molar-refractivity contribution >= 4 is 11.8 Å². The number of rotatable bonds is 9. The predicted molar refractivity (Wildman–Crippen MR) is 71.2 cm³/mol. The minimum Gasteiger partial charge on any atom is -0.459 e. The summed E-state index contributed by atoms with van der Waals surface area (Å²) in [6.07, 6.45) is 1.99. The molecule has 0 aromatic carbocycles. The SMILES string of the molecule is COCC(CCO)NC(=O)CCNC(=O)c1ccco1. The summed E-state index contributed by atoms with van der Waals surface area (Å²) in [7, 11) is 1.53. The van der Waals surface area contributed by atoms with Crippen LogP contribution in [0.3, 0.4) is 0 Å². The molecule has 1 aromatic rings. The van der Waals surface area contributed by atoms with Crippen molar-refractivity contribution in [1.82, 2.24) is 10.6 Å². The molecule has 0 radical (unpaired) electrons. The Balaban J connectivity index is 2.23. The Morgan fingerprint density at radius 1 is 1.50 bits per heavy atom. The molecule has 20 heavy (non-hydrogen) atoms. The number of ether oxygens (including phenoxy) is 1. The van der Waals surface area contributed by atoms with Gasteiger partial charge in [-0.25, -0.2) is 0 Å². The average Bonchev–Trinajstić information content (AvgIpc) is 2.93. The van der Waals surface area contributed by atoms with Crippen molar-refractivity contribution in [3.63, 3.8) is 0 Å². The van der Waals surface area contributed by atoms with Crippen LogP contribution in [0.1, 0.15) is 23.4 Å². The van der Waals surface area contributed by atoms with E-state index in [4.69, 9.17) is 14.3 Å². The molecule has 7 nitrogen and oxygen atoms in total. The van der Waals surface area contributed by atoms with E-state index in [-0.39, 0.29) is 43.2 Å². The molecule has 112 valence electrons. The lowest BCUT2D eigenvalue weighted by Crippen LogP contribution is -2.40. The molecule has 7 heteroatoms. The van der Waals surface area contributed by atoms with Crippen LogP contribution in [0.2, 0.25) is 0 Å². The van der Waals surface area contributed by atoms with E-state index < -0.39 is 0 Å². The van der Waals surface area contributed by atoms with E-state index in [0.717, 1.165) is 0 Å². The van der Waals surface area contributed by atoms with E-state index in [1.54, 1.807) is 12.1 Å². The number of nitrogens with one attached hydrogen (secondary N) is 2. The second kappa shape index (κ2) is 9.11. The highest BCUT2D eigenvalue weighted by Gasteiger charge is 2.12. The first-order valence-corrected chi connectivity index (χ1v) is 6.38. The molecular weight excluding hydrogens is 264 g/mol. The van der Waals surface area contributed by atoms with Gasteiger partial charge in [-0.2, -0.15) is 0 Å². The molecule has 0 saturated heterocycles. The molecule has 2 amide bonds. The summed E-state index contributed by atoms with van der Waals surface area (Å²) >= 11 is 0. The lowest BCUT2D eigenvalue weighted by molar-refractivity contribution is -0.122. The van der Waals surface area contributed by atoms with Crippen LogP contribution in [0.15, 0.2) is 22.8 Å². The number of methoxy groups -OCH3 is 1. The quantitative estimate of drug-likeness (QED) is 0.588. The normalized spacial score (nSPS) is 11.9. The molecule has 3 N–H and O–H groups in total. The average molecular weight is 284 g/mol. The van der Waals surface area contributed by atoms with Crippen LogP contribution < -0.4 is 10.6 Å². The minimum atomic E-state index is -0.355. The van der Waals surface area contributed by atoms with Crippen molar-refractivity contribution in [2.24, 2.45) is 0 Å². The van der Waals surface area contributed by atoms with Gasteiger partial charge in [0.05, 0.1) is 18.9 Å². The monoisotopic (exact) mass is 284 g/mol. The lowest BCUT2D eigenvalue weighted by atomic mass is 10.2. The van der Waals surface area contributed by atoms with Gasteiger partial charge in [0.15, 0.2) is 5.76 Å². The van der Waals surface area contributed by atoms with Gasteiger partial charge >= 0.3 is 0 Å². The largest absolute Gasteiger partial charge is 0.459 e. The van der Waals surface area contributed by atoms with Crippen LogP contribution in [-0.4, -0.2) is 49.8 Å². The molecule has 0 bridgehead atoms. The van der Waals surface area contributed by atoms with Crippen molar-refractivity contribution in [3.8, 4) is 0 Å². The van der Waals surface area contributed by atoms with E-state index in [1.807, 2.05) is 0 Å². The van der Waals surface area contributed by atoms with Gasteiger partial charge in [0.25, 0.3) is 5.91 Å². The molecular formula is C13H20N2O5. The zero-order chi connectivity index (χ0) is 14.8. The molecule has 1 aromatic heterocycles. The highest BCUT2D eigenvalue weighted by atomic mass is 16.5. The first-order valence-electron chi connectivity index (χ1n) is 6.38. The number of carbonyl (C=O) groups is 2. The van der Waals surface area contributed by atoms with Gasteiger partial charge in [-0.15, -0.1) is 0 Å². The second-order valence-corrected chi connectivity index (χ2v) is 4.22. The molecule has 0 saturated carbocycles. The Bertz CT molecular complexity index is 399. The first kappa shape index (κ1) is 16.2. The fraction of sp³-hybridized carbons (Fsp3) is 0.538. The van der Waals surface area contributed by atoms with Gasteiger partial charge in [-0.3, -0.25) is 9.59 Å². The summed E-state index contributed by atoms with van der Waals surface area (Å²) < 4.78 is 9.87. The Labute approximate surface area is 117 Å². The molecule has 0 aliphatic rings. The molecule has 0 aliphatic carbocycles. The topological polar surface area (TPSA) is 101 Å². The summed E-state index contributed by atoms with van der Waals surface area (Å²) in [5, 5.41) is 14.2. The lowest BCUT2D eigenvalue weighted by Gasteiger charge is -2.16. The standard InChI is InChI=1S/C13H20N2O5/c1-19-9-10(5-7-16)15-12(17)4-6-14-13(18)11-3-2-8-20-11/h2-3,8,10,16H,4-7,9H2,1H3,(H,14,18)(H,15,17). The maximum atomic E-state index is 11.6. The Morgan fingerprint density at radius 2 is 2.30 bits per heavy atom. The third-order valence-corrected chi connectivity index (χ3v) is 2.59. The summed E-state index contributed by atoms with van der Waals surface area (Å²) in [6, 6.07) is 2.94. The van der Waals surface area contributed by atoms with Gasteiger partial charge < -0.3 is 24.9 Å². The van der Waals surface area contributed by atoms with E-state index in [2.05, 4.69) is 10.6 Å². The van der Waals surface area contributed by atoms with E-state index in [1.165, 1.54) is 13.4 Å². The van der Waals surface area contributed by atoms with Gasteiger partial charge in [0.1, 0.15) is 0 Å². The van der Waals surface area contributed by atoms with Crippen LogP contribution >= 0.6 is 0 Å². The van der Waals surface area contributed by atoms with Crippen LogP contribution in [0, 0.1) is 0 Å². The smallest absolute Gasteiger partial charge is 0.286 e. The van der Waals surface area contributed by atoms with Crippen molar-refractivity contribution in [2.45, 2.75) is 18.9 Å². The number of amides is 2. The molecule has 1 rings (SSSR count). The predicted octanol–water partition coefficient (Wildman–Crippen LogP) is -0.0869. The minimum absolute atomic E-state index is 0.0243. The second-order valence-electron chi connectivity index (χ2n) is 4.22. The number of aliphatic hydroxyl groups is 1. The molecule has 0 fully saturated rings. The van der Waals surface area contributed by atoms with E-state index >= 15 is 0 Å². The molecule has 0 aliphatic heterocycles. The van der Waals surface area contributed by atoms with Crippen molar-refractivity contribution in [2.75, 3.05) is 26.9 Å². The Morgan fingerprint density at radius 3 is 2.90 bits per heavy atom. The van der Waals surface area contributed by atoms with Gasteiger partial charge in [0, 0.05) is 26.7 Å². The number of furan rings is 1. The Hall–Kier alpha value is -1.86. The fourth-order valence-electron chi connectivity index (χ4n) is 1.64. The summed E-state index contributed by atoms with van der Waals surface area (Å²) in [4.78, 5) is 23.2. The highest BCUT2D eigenvalue weighted by molar-refractivity contribution is 5.91. The molecule has 0 spiro atoms. The fourth-order valence-corrected chi connectivity index (χ4v) is 1.64. The van der Waals surface area contributed by atoms with Crippen LogP contribution in [-0.2, 0) is 9.53 Å².